The van der Waals surface area contributed by atoms with E-state index in [1.54, 1.807) is 17.0 Å². The summed E-state index contributed by atoms with van der Waals surface area (Å²) in [5.41, 5.74) is 0.698. The van der Waals surface area contributed by atoms with Crippen LogP contribution in [0, 0.1) is 5.82 Å². The fraction of sp³-hybridized carbons (Fsp3) is 0.533. The zero-order chi connectivity index (χ0) is 15.4. The number of nitrogens with one attached hydrogen (secondary N) is 1. The summed E-state index contributed by atoms with van der Waals surface area (Å²) in [7, 11) is 1.42. The van der Waals surface area contributed by atoms with E-state index in [-0.39, 0.29) is 30.5 Å². The molecule has 0 radical (unpaired) electrons. The van der Waals surface area contributed by atoms with Crippen LogP contribution in [0.3, 0.4) is 0 Å². The fourth-order valence-corrected chi connectivity index (χ4v) is 2.33. The van der Waals surface area contributed by atoms with Crippen LogP contribution < -0.4 is 10.1 Å². The lowest BCUT2D eigenvalue weighted by Gasteiger charge is -2.25. The molecular weight excluding hydrogens is 275 g/mol. The van der Waals surface area contributed by atoms with Crippen LogP contribution in [0.2, 0.25) is 0 Å². The van der Waals surface area contributed by atoms with E-state index >= 15 is 0 Å². The second kappa shape index (κ2) is 6.87. The summed E-state index contributed by atoms with van der Waals surface area (Å²) in [5.74, 6) is -0.254. The van der Waals surface area contributed by atoms with E-state index in [1.165, 1.54) is 13.2 Å². The van der Waals surface area contributed by atoms with Crippen molar-refractivity contribution in [2.75, 3.05) is 26.8 Å². The molecule has 1 aliphatic heterocycles. The predicted molar refractivity (Wildman–Crippen MR) is 76.5 cm³/mol. The van der Waals surface area contributed by atoms with Crippen LogP contribution in [0.4, 0.5) is 4.39 Å². The van der Waals surface area contributed by atoms with E-state index in [0.717, 1.165) is 0 Å². The molecule has 1 unspecified atom stereocenters. The van der Waals surface area contributed by atoms with Crippen molar-refractivity contribution in [3.8, 4) is 5.75 Å². The molecule has 1 atom stereocenters. The van der Waals surface area contributed by atoms with E-state index in [2.05, 4.69) is 5.32 Å². The van der Waals surface area contributed by atoms with Gasteiger partial charge in [-0.15, -0.1) is 0 Å². The Morgan fingerprint density at radius 1 is 1.48 bits per heavy atom. The van der Waals surface area contributed by atoms with Gasteiger partial charge in [0.15, 0.2) is 11.6 Å². The zero-order valence-corrected chi connectivity index (χ0v) is 12.6. The van der Waals surface area contributed by atoms with Crippen molar-refractivity contribution in [3.05, 3.63) is 29.6 Å². The molecule has 0 spiro atoms. The summed E-state index contributed by atoms with van der Waals surface area (Å²) < 4.78 is 24.2. The van der Waals surface area contributed by atoms with Gasteiger partial charge in [-0.05, 0) is 31.5 Å². The second-order valence-electron chi connectivity index (χ2n) is 5.18. The molecule has 1 fully saturated rings. The highest BCUT2D eigenvalue weighted by molar-refractivity contribution is 5.81. The number of nitrogens with zero attached hydrogens (tertiary/aromatic N) is 1. The monoisotopic (exact) mass is 296 g/mol. The van der Waals surface area contributed by atoms with E-state index in [1.807, 2.05) is 13.8 Å². The van der Waals surface area contributed by atoms with Crippen molar-refractivity contribution >= 4 is 5.91 Å². The van der Waals surface area contributed by atoms with Gasteiger partial charge in [0.25, 0.3) is 0 Å². The highest BCUT2D eigenvalue weighted by Gasteiger charge is 2.31. The maximum Gasteiger partial charge on any atom is 0.238 e. The number of hydrogen-bond donors (Lipinski definition) is 1. The number of ether oxygens (including phenoxy) is 2. The summed E-state index contributed by atoms with van der Waals surface area (Å²) >= 11 is 0. The van der Waals surface area contributed by atoms with Gasteiger partial charge in [-0.3, -0.25) is 10.1 Å². The number of carbonyl (C=O) groups is 1. The Labute approximate surface area is 124 Å². The van der Waals surface area contributed by atoms with Gasteiger partial charge in [-0.2, -0.15) is 0 Å². The number of carbonyl (C=O) groups excluding carboxylic acids is 1. The van der Waals surface area contributed by atoms with Gasteiger partial charge in [0.2, 0.25) is 5.91 Å². The summed E-state index contributed by atoms with van der Waals surface area (Å²) in [6.07, 6.45) is -0.207. The van der Waals surface area contributed by atoms with Crippen molar-refractivity contribution in [1.29, 1.82) is 0 Å². The third kappa shape index (κ3) is 3.71. The van der Waals surface area contributed by atoms with E-state index < -0.39 is 5.82 Å². The Bertz CT molecular complexity index is 508. The van der Waals surface area contributed by atoms with Crippen LogP contribution in [-0.4, -0.2) is 43.7 Å². The van der Waals surface area contributed by atoms with E-state index in [9.17, 15) is 9.18 Å². The predicted octanol–water partition coefficient (Wildman–Crippen LogP) is 1.69. The quantitative estimate of drug-likeness (QED) is 0.868. The maximum absolute atomic E-state index is 13.8. The molecule has 1 amide bonds. The molecule has 1 saturated heterocycles. The van der Waals surface area contributed by atoms with E-state index in [0.29, 0.717) is 18.7 Å². The molecule has 1 N–H and O–H groups in total. The maximum atomic E-state index is 13.8. The average Bonchev–Trinajstić information content (AvgIpc) is 2.80. The zero-order valence-electron chi connectivity index (χ0n) is 12.6. The number of benzene rings is 1. The van der Waals surface area contributed by atoms with Crippen molar-refractivity contribution in [2.45, 2.75) is 26.1 Å². The van der Waals surface area contributed by atoms with Crippen molar-refractivity contribution in [3.63, 3.8) is 0 Å². The van der Waals surface area contributed by atoms with Crippen molar-refractivity contribution in [2.24, 2.45) is 0 Å². The van der Waals surface area contributed by atoms with Crippen LogP contribution >= 0.6 is 0 Å². The summed E-state index contributed by atoms with van der Waals surface area (Å²) in [6.45, 7) is 5.07. The van der Waals surface area contributed by atoms with Crippen LogP contribution in [0.25, 0.3) is 0 Å². The highest BCUT2D eigenvalue weighted by Crippen LogP contribution is 2.26. The molecule has 1 aliphatic rings. The first kappa shape index (κ1) is 15.7. The molecule has 0 aromatic heterocycles. The first-order chi connectivity index (χ1) is 10.0. The molecule has 0 bridgehead atoms. The highest BCUT2D eigenvalue weighted by atomic mass is 19.1. The molecule has 2 rings (SSSR count). The minimum absolute atomic E-state index is 0.0106. The second-order valence-corrected chi connectivity index (χ2v) is 5.18. The SMILES string of the molecule is COc1ccc(C2NCC(=O)N2CCOC(C)C)cc1F. The lowest BCUT2D eigenvalue weighted by Crippen LogP contribution is -2.33. The standard InChI is InChI=1S/C15H21FN2O3/c1-10(2)21-7-6-18-14(19)9-17-15(18)11-4-5-13(20-3)12(16)8-11/h4-5,8,10,15,17H,6-7,9H2,1-3H3. The number of hydrogen-bond acceptors (Lipinski definition) is 4. The van der Waals surface area contributed by atoms with Gasteiger partial charge in [-0.1, -0.05) is 6.07 Å². The number of halogens is 1. The summed E-state index contributed by atoms with van der Waals surface area (Å²) in [4.78, 5) is 13.6. The van der Waals surface area contributed by atoms with Gasteiger partial charge in [0.1, 0.15) is 6.17 Å². The minimum atomic E-state index is -0.436. The van der Waals surface area contributed by atoms with Gasteiger partial charge in [0, 0.05) is 6.54 Å². The molecule has 21 heavy (non-hydrogen) atoms. The van der Waals surface area contributed by atoms with Crippen LogP contribution in [-0.2, 0) is 9.53 Å². The molecule has 6 heteroatoms. The van der Waals surface area contributed by atoms with Gasteiger partial charge in [0.05, 0.1) is 26.4 Å². The van der Waals surface area contributed by atoms with Crippen molar-refractivity contribution < 1.29 is 18.7 Å². The Kier molecular flexibility index (Phi) is 5.14. The smallest absolute Gasteiger partial charge is 0.238 e. The number of methoxy groups -OCH3 is 1. The first-order valence-electron chi connectivity index (χ1n) is 7.01. The molecule has 1 aromatic carbocycles. The lowest BCUT2D eigenvalue weighted by molar-refractivity contribution is -0.129. The Morgan fingerprint density at radius 3 is 2.86 bits per heavy atom. The first-order valence-corrected chi connectivity index (χ1v) is 7.01. The Morgan fingerprint density at radius 2 is 2.24 bits per heavy atom. The van der Waals surface area contributed by atoms with Gasteiger partial charge >= 0.3 is 0 Å². The van der Waals surface area contributed by atoms with Crippen LogP contribution in [0.5, 0.6) is 5.75 Å². The number of rotatable bonds is 6. The molecule has 5 nitrogen and oxygen atoms in total. The topological polar surface area (TPSA) is 50.8 Å². The van der Waals surface area contributed by atoms with Crippen LogP contribution in [0.1, 0.15) is 25.6 Å². The lowest BCUT2D eigenvalue weighted by atomic mass is 10.1. The third-order valence-electron chi connectivity index (χ3n) is 3.35. The molecule has 0 saturated carbocycles. The largest absolute Gasteiger partial charge is 0.494 e. The third-order valence-corrected chi connectivity index (χ3v) is 3.35. The van der Waals surface area contributed by atoms with Gasteiger partial charge in [-0.25, -0.2) is 4.39 Å². The van der Waals surface area contributed by atoms with E-state index in [4.69, 9.17) is 9.47 Å². The summed E-state index contributed by atoms with van der Waals surface area (Å²) in [5, 5.41) is 3.09. The van der Waals surface area contributed by atoms with Crippen molar-refractivity contribution in [1.82, 2.24) is 10.2 Å². The summed E-state index contributed by atoms with van der Waals surface area (Å²) in [6, 6.07) is 4.72. The molecule has 1 aromatic rings. The molecular formula is C15H21FN2O3. The minimum Gasteiger partial charge on any atom is -0.494 e. The molecule has 116 valence electrons. The molecule has 1 heterocycles. The Balaban J connectivity index is 2.09. The average molecular weight is 296 g/mol. The van der Waals surface area contributed by atoms with Gasteiger partial charge < -0.3 is 14.4 Å². The molecule has 0 aliphatic carbocycles. The van der Waals surface area contributed by atoms with Crippen LogP contribution in [0.15, 0.2) is 18.2 Å². The number of amides is 1. The normalized spacial score (nSPS) is 18.6. The Hall–Kier alpha value is -1.66. The fourth-order valence-electron chi connectivity index (χ4n) is 2.33.